The Labute approximate surface area is 121 Å². The van der Waals surface area contributed by atoms with Crippen LogP contribution in [0, 0.1) is 17.5 Å². The number of alkyl halides is 2. The summed E-state index contributed by atoms with van der Waals surface area (Å²) in [4.78, 5) is 11.8. The molecule has 2 rings (SSSR count). The van der Waals surface area contributed by atoms with E-state index in [1.165, 1.54) is 0 Å². The molecule has 0 atom stereocenters. The average molecular weight is 317 g/mol. The summed E-state index contributed by atoms with van der Waals surface area (Å²) in [5, 5.41) is 2.05. The lowest BCUT2D eigenvalue weighted by molar-refractivity contribution is -0.0498. The number of ether oxygens (including phenoxy) is 1. The van der Waals surface area contributed by atoms with E-state index in [0.29, 0.717) is 6.07 Å². The maximum Gasteiger partial charge on any atom is 0.387 e. The van der Waals surface area contributed by atoms with Crippen molar-refractivity contribution >= 4 is 11.6 Å². The van der Waals surface area contributed by atoms with Crippen LogP contribution >= 0.6 is 0 Å². The largest absolute Gasteiger partial charge is 0.435 e. The minimum Gasteiger partial charge on any atom is -0.435 e. The molecule has 3 nitrogen and oxygen atoms in total. The van der Waals surface area contributed by atoms with Crippen LogP contribution in [0.2, 0.25) is 0 Å². The Morgan fingerprint density at radius 3 is 2.18 bits per heavy atom. The second kappa shape index (κ2) is 6.42. The lowest BCUT2D eigenvalue weighted by Crippen LogP contribution is -2.14. The molecule has 0 aromatic heterocycles. The Kier molecular flexibility index (Phi) is 4.59. The van der Waals surface area contributed by atoms with Crippen molar-refractivity contribution in [3.05, 3.63) is 59.4 Å². The van der Waals surface area contributed by atoms with E-state index in [0.717, 1.165) is 30.3 Å². The van der Waals surface area contributed by atoms with Gasteiger partial charge in [0.1, 0.15) is 5.75 Å². The predicted molar refractivity (Wildman–Crippen MR) is 67.3 cm³/mol. The Hall–Kier alpha value is -2.64. The molecular weight excluding hydrogens is 309 g/mol. The molecule has 0 fully saturated rings. The second-order valence-electron chi connectivity index (χ2n) is 4.08. The first-order chi connectivity index (χ1) is 10.4. The summed E-state index contributed by atoms with van der Waals surface area (Å²) in [6.45, 7) is -3.00. The highest BCUT2D eigenvalue weighted by Crippen LogP contribution is 2.21. The van der Waals surface area contributed by atoms with Gasteiger partial charge in [0.15, 0.2) is 17.5 Å². The van der Waals surface area contributed by atoms with Crippen molar-refractivity contribution in [1.82, 2.24) is 0 Å². The quantitative estimate of drug-likeness (QED) is 0.685. The fraction of sp³-hybridized carbons (Fsp3) is 0.0714. The van der Waals surface area contributed by atoms with Crippen molar-refractivity contribution in [3.8, 4) is 5.75 Å². The van der Waals surface area contributed by atoms with Gasteiger partial charge in [-0.3, -0.25) is 4.79 Å². The van der Waals surface area contributed by atoms with Gasteiger partial charge in [0.2, 0.25) is 0 Å². The number of carbonyl (C=O) groups is 1. The van der Waals surface area contributed by atoms with Crippen molar-refractivity contribution in [2.75, 3.05) is 5.32 Å². The van der Waals surface area contributed by atoms with Gasteiger partial charge < -0.3 is 10.1 Å². The van der Waals surface area contributed by atoms with Crippen molar-refractivity contribution < 1.29 is 31.5 Å². The molecule has 1 N–H and O–H groups in total. The monoisotopic (exact) mass is 317 g/mol. The number of halogens is 5. The first-order valence-corrected chi connectivity index (χ1v) is 5.88. The van der Waals surface area contributed by atoms with E-state index in [1.807, 2.05) is 5.32 Å². The van der Waals surface area contributed by atoms with E-state index in [9.17, 15) is 26.7 Å². The van der Waals surface area contributed by atoms with Crippen LogP contribution in [0.4, 0.5) is 27.6 Å². The number of rotatable bonds is 4. The van der Waals surface area contributed by atoms with Crippen LogP contribution < -0.4 is 10.1 Å². The number of benzene rings is 2. The Morgan fingerprint density at radius 2 is 1.59 bits per heavy atom. The molecule has 22 heavy (non-hydrogen) atoms. The highest BCUT2D eigenvalue weighted by molar-refractivity contribution is 6.04. The summed E-state index contributed by atoms with van der Waals surface area (Å²) in [5.74, 6) is -5.62. The summed E-state index contributed by atoms with van der Waals surface area (Å²) in [6, 6.07) is 6.06. The van der Waals surface area contributed by atoms with E-state index in [2.05, 4.69) is 4.74 Å². The van der Waals surface area contributed by atoms with Crippen LogP contribution in [0.25, 0.3) is 0 Å². The highest BCUT2D eigenvalue weighted by atomic mass is 19.3. The molecule has 0 aliphatic rings. The smallest absolute Gasteiger partial charge is 0.387 e. The molecular formula is C14H8F5NO2. The van der Waals surface area contributed by atoms with Gasteiger partial charge in [0, 0.05) is 5.56 Å². The van der Waals surface area contributed by atoms with Crippen LogP contribution in [-0.2, 0) is 0 Å². The number of anilines is 1. The molecule has 0 saturated heterocycles. The molecule has 2 aromatic rings. The van der Waals surface area contributed by atoms with E-state index >= 15 is 0 Å². The fourth-order valence-corrected chi connectivity index (χ4v) is 1.60. The molecule has 0 aliphatic heterocycles. The zero-order valence-electron chi connectivity index (χ0n) is 10.7. The third-order valence-corrected chi connectivity index (χ3v) is 2.63. The molecule has 0 heterocycles. The summed E-state index contributed by atoms with van der Waals surface area (Å²) >= 11 is 0. The molecule has 0 radical (unpaired) electrons. The zero-order valence-corrected chi connectivity index (χ0v) is 10.7. The van der Waals surface area contributed by atoms with Gasteiger partial charge in [-0.15, -0.1) is 0 Å². The molecule has 0 aliphatic carbocycles. The van der Waals surface area contributed by atoms with Gasteiger partial charge in [0.25, 0.3) is 5.91 Å². The van der Waals surface area contributed by atoms with Crippen LogP contribution in [0.15, 0.2) is 36.4 Å². The minimum absolute atomic E-state index is 0.00857. The number of hydrogen-bond acceptors (Lipinski definition) is 2. The van der Waals surface area contributed by atoms with Gasteiger partial charge in [-0.05, 0) is 36.4 Å². The summed E-state index contributed by atoms with van der Waals surface area (Å²) in [6.07, 6.45) is 0. The molecule has 0 saturated carbocycles. The predicted octanol–water partition coefficient (Wildman–Crippen LogP) is 3.96. The number of nitrogens with one attached hydrogen (secondary N) is 1. The van der Waals surface area contributed by atoms with Crippen LogP contribution in [0.1, 0.15) is 10.4 Å². The Balaban J connectivity index is 2.14. The summed E-state index contributed by atoms with van der Waals surface area (Å²) < 4.78 is 67.3. The van der Waals surface area contributed by atoms with Crippen molar-refractivity contribution in [3.63, 3.8) is 0 Å². The fourth-order valence-electron chi connectivity index (χ4n) is 1.60. The first kappa shape index (κ1) is 15.7. The minimum atomic E-state index is -3.00. The van der Waals surface area contributed by atoms with Gasteiger partial charge in [-0.2, -0.15) is 8.78 Å². The van der Waals surface area contributed by atoms with Crippen LogP contribution in [-0.4, -0.2) is 12.5 Å². The van der Waals surface area contributed by atoms with Gasteiger partial charge in [-0.1, -0.05) is 0 Å². The van der Waals surface area contributed by atoms with E-state index in [4.69, 9.17) is 0 Å². The summed E-state index contributed by atoms with van der Waals surface area (Å²) in [7, 11) is 0. The maximum absolute atomic E-state index is 13.4. The number of amides is 1. The SMILES string of the molecule is O=C(Nc1ccc(F)c(F)c1F)c1ccc(OC(F)F)cc1. The van der Waals surface area contributed by atoms with Crippen molar-refractivity contribution in [2.45, 2.75) is 6.61 Å². The molecule has 1 amide bonds. The van der Waals surface area contributed by atoms with Gasteiger partial charge in [0.05, 0.1) is 5.69 Å². The summed E-state index contributed by atoms with van der Waals surface area (Å²) in [5.41, 5.74) is -0.553. The zero-order chi connectivity index (χ0) is 16.3. The molecule has 2 aromatic carbocycles. The van der Waals surface area contributed by atoms with Crippen molar-refractivity contribution in [1.29, 1.82) is 0 Å². The maximum atomic E-state index is 13.4. The molecule has 0 unspecified atom stereocenters. The third kappa shape index (κ3) is 3.51. The van der Waals surface area contributed by atoms with Gasteiger partial charge >= 0.3 is 6.61 Å². The standard InChI is InChI=1S/C14H8F5NO2/c15-9-5-6-10(12(17)11(9)16)20-13(21)7-1-3-8(4-2-7)22-14(18)19/h1-6,14H,(H,20,21). The molecule has 0 bridgehead atoms. The Bertz CT molecular complexity index is 688. The lowest BCUT2D eigenvalue weighted by atomic mass is 10.2. The van der Waals surface area contributed by atoms with E-state index in [1.54, 1.807) is 0 Å². The highest BCUT2D eigenvalue weighted by Gasteiger charge is 2.16. The second-order valence-corrected chi connectivity index (χ2v) is 4.08. The normalized spacial score (nSPS) is 10.6. The van der Waals surface area contributed by atoms with E-state index < -0.39 is 35.7 Å². The Morgan fingerprint density at radius 1 is 0.955 bits per heavy atom. The van der Waals surface area contributed by atoms with Crippen molar-refractivity contribution in [2.24, 2.45) is 0 Å². The molecule has 116 valence electrons. The van der Waals surface area contributed by atoms with Gasteiger partial charge in [-0.25, -0.2) is 13.2 Å². The molecule has 0 spiro atoms. The van der Waals surface area contributed by atoms with Crippen LogP contribution in [0.5, 0.6) is 5.75 Å². The lowest BCUT2D eigenvalue weighted by Gasteiger charge is -2.08. The van der Waals surface area contributed by atoms with Crippen LogP contribution in [0.3, 0.4) is 0 Å². The average Bonchev–Trinajstić information content (AvgIpc) is 2.48. The number of hydrogen-bond donors (Lipinski definition) is 1. The molecule has 8 heteroatoms. The number of carbonyl (C=O) groups excluding carboxylic acids is 1. The third-order valence-electron chi connectivity index (χ3n) is 2.63. The topological polar surface area (TPSA) is 38.3 Å². The van der Waals surface area contributed by atoms with E-state index in [-0.39, 0.29) is 11.3 Å². The first-order valence-electron chi connectivity index (χ1n) is 5.88.